The summed E-state index contributed by atoms with van der Waals surface area (Å²) in [7, 11) is 0. The Labute approximate surface area is 91.0 Å². The van der Waals surface area contributed by atoms with Gasteiger partial charge in [0.2, 0.25) is 0 Å². The highest BCUT2D eigenvalue weighted by atomic mass is 14.7. The standard InChI is InChI=1S/C13H16N2/c1-10(2)11-7-13(8-11,9-14)12-5-3-4-6-15-12/h3-6,10-11H,7-8H2,1-2H3. The predicted molar refractivity (Wildman–Crippen MR) is 59.1 cm³/mol. The minimum atomic E-state index is -0.295. The van der Waals surface area contributed by atoms with Crippen LogP contribution in [-0.4, -0.2) is 4.98 Å². The second kappa shape index (κ2) is 3.66. The van der Waals surface area contributed by atoms with Crippen LogP contribution < -0.4 is 0 Å². The number of pyridine rings is 1. The molecule has 0 bridgehead atoms. The third-order valence-electron chi connectivity index (χ3n) is 3.53. The number of hydrogen-bond acceptors (Lipinski definition) is 2. The summed E-state index contributed by atoms with van der Waals surface area (Å²) < 4.78 is 0. The van der Waals surface area contributed by atoms with Crippen LogP contribution in [0.1, 0.15) is 32.4 Å². The van der Waals surface area contributed by atoms with Gasteiger partial charge < -0.3 is 0 Å². The van der Waals surface area contributed by atoms with Crippen LogP contribution >= 0.6 is 0 Å². The molecule has 1 aliphatic carbocycles. The first-order valence-corrected chi connectivity index (χ1v) is 5.51. The Hall–Kier alpha value is -1.36. The maximum Gasteiger partial charge on any atom is 0.0998 e. The molecule has 2 rings (SSSR count). The lowest BCUT2D eigenvalue weighted by molar-refractivity contribution is 0.141. The van der Waals surface area contributed by atoms with E-state index in [2.05, 4.69) is 24.9 Å². The molecule has 0 unspecified atom stereocenters. The molecule has 78 valence electrons. The van der Waals surface area contributed by atoms with Crippen molar-refractivity contribution in [1.29, 1.82) is 5.26 Å². The van der Waals surface area contributed by atoms with Crippen molar-refractivity contribution >= 4 is 0 Å². The van der Waals surface area contributed by atoms with E-state index in [4.69, 9.17) is 0 Å². The Kier molecular flexibility index (Phi) is 2.48. The van der Waals surface area contributed by atoms with Gasteiger partial charge in [0, 0.05) is 6.20 Å². The van der Waals surface area contributed by atoms with Crippen molar-refractivity contribution in [2.45, 2.75) is 32.1 Å². The smallest absolute Gasteiger partial charge is 0.0998 e. The van der Waals surface area contributed by atoms with Gasteiger partial charge in [0.1, 0.15) is 0 Å². The average Bonchev–Trinajstić information content (AvgIpc) is 2.18. The topological polar surface area (TPSA) is 36.7 Å². The van der Waals surface area contributed by atoms with E-state index < -0.39 is 0 Å². The summed E-state index contributed by atoms with van der Waals surface area (Å²) >= 11 is 0. The van der Waals surface area contributed by atoms with E-state index in [0.29, 0.717) is 11.8 Å². The van der Waals surface area contributed by atoms with E-state index in [-0.39, 0.29) is 5.41 Å². The minimum Gasteiger partial charge on any atom is -0.260 e. The van der Waals surface area contributed by atoms with E-state index in [1.54, 1.807) is 6.20 Å². The number of rotatable bonds is 2. The van der Waals surface area contributed by atoms with E-state index in [9.17, 15) is 5.26 Å². The van der Waals surface area contributed by atoms with Crippen molar-refractivity contribution < 1.29 is 0 Å². The van der Waals surface area contributed by atoms with Crippen LogP contribution in [0.25, 0.3) is 0 Å². The molecule has 1 heterocycles. The maximum absolute atomic E-state index is 9.30. The third-order valence-corrected chi connectivity index (χ3v) is 3.53. The molecule has 15 heavy (non-hydrogen) atoms. The van der Waals surface area contributed by atoms with Gasteiger partial charge >= 0.3 is 0 Å². The van der Waals surface area contributed by atoms with Gasteiger partial charge in [-0.05, 0) is 36.8 Å². The molecule has 0 amide bonds. The Bertz CT molecular complexity index is 369. The molecular weight excluding hydrogens is 184 g/mol. The number of nitrogens with zero attached hydrogens (tertiary/aromatic N) is 2. The molecule has 1 fully saturated rings. The molecule has 1 aliphatic rings. The molecule has 0 N–H and O–H groups in total. The highest BCUT2D eigenvalue weighted by Crippen LogP contribution is 2.49. The van der Waals surface area contributed by atoms with Gasteiger partial charge in [0.05, 0.1) is 17.2 Å². The lowest BCUT2D eigenvalue weighted by atomic mass is 9.58. The number of aromatic nitrogens is 1. The summed E-state index contributed by atoms with van der Waals surface area (Å²) in [6.45, 7) is 4.45. The van der Waals surface area contributed by atoms with E-state index in [1.165, 1.54) is 0 Å². The lowest BCUT2D eigenvalue weighted by Gasteiger charge is -2.44. The second-order valence-corrected chi connectivity index (χ2v) is 4.82. The Morgan fingerprint density at radius 1 is 1.47 bits per heavy atom. The molecule has 2 heteroatoms. The Morgan fingerprint density at radius 2 is 2.20 bits per heavy atom. The van der Waals surface area contributed by atoms with Crippen molar-refractivity contribution in [2.75, 3.05) is 0 Å². The van der Waals surface area contributed by atoms with Crippen LogP contribution in [0.4, 0.5) is 0 Å². The van der Waals surface area contributed by atoms with Crippen molar-refractivity contribution in [2.24, 2.45) is 11.8 Å². The first-order chi connectivity index (χ1) is 7.18. The molecule has 0 aliphatic heterocycles. The molecule has 0 aromatic carbocycles. The summed E-state index contributed by atoms with van der Waals surface area (Å²) in [5.41, 5.74) is 0.653. The van der Waals surface area contributed by atoms with Crippen molar-refractivity contribution in [3.8, 4) is 6.07 Å². The quantitative estimate of drug-likeness (QED) is 0.736. The number of nitriles is 1. The maximum atomic E-state index is 9.30. The van der Waals surface area contributed by atoms with Gasteiger partial charge in [-0.15, -0.1) is 0 Å². The van der Waals surface area contributed by atoms with Crippen molar-refractivity contribution in [3.63, 3.8) is 0 Å². The van der Waals surface area contributed by atoms with Crippen LogP contribution in [0.3, 0.4) is 0 Å². The lowest BCUT2D eigenvalue weighted by Crippen LogP contribution is -2.42. The van der Waals surface area contributed by atoms with Gasteiger partial charge in [-0.2, -0.15) is 5.26 Å². The summed E-state index contributed by atoms with van der Waals surface area (Å²) in [6.07, 6.45) is 3.72. The van der Waals surface area contributed by atoms with Crippen LogP contribution in [0.5, 0.6) is 0 Å². The summed E-state index contributed by atoms with van der Waals surface area (Å²) in [5.74, 6) is 1.36. The minimum absolute atomic E-state index is 0.295. The molecule has 0 spiro atoms. The first kappa shape index (κ1) is 10.2. The van der Waals surface area contributed by atoms with Crippen LogP contribution in [0.15, 0.2) is 24.4 Å². The zero-order valence-electron chi connectivity index (χ0n) is 9.27. The van der Waals surface area contributed by atoms with E-state index in [1.807, 2.05) is 18.2 Å². The van der Waals surface area contributed by atoms with Gasteiger partial charge in [0.15, 0.2) is 0 Å². The Balaban J connectivity index is 2.19. The van der Waals surface area contributed by atoms with E-state index in [0.717, 1.165) is 18.5 Å². The van der Waals surface area contributed by atoms with E-state index >= 15 is 0 Å². The van der Waals surface area contributed by atoms with Crippen molar-refractivity contribution in [1.82, 2.24) is 4.98 Å². The monoisotopic (exact) mass is 200 g/mol. The van der Waals surface area contributed by atoms with Crippen LogP contribution in [-0.2, 0) is 5.41 Å². The van der Waals surface area contributed by atoms with Gasteiger partial charge in [-0.25, -0.2) is 0 Å². The SMILES string of the molecule is CC(C)C1CC(C#N)(c2ccccn2)C1. The Morgan fingerprint density at radius 3 is 2.67 bits per heavy atom. The molecule has 0 radical (unpaired) electrons. The van der Waals surface area contributed by atoms with Crippen LogP contribution in [0.2, 0.25) is 0 Å². The van der Waals surface area contributed by atoms with Gasteiger partial charge in [-0.1, -0.05) is 19.9 Å². The average molecular weight is 200 g/mol. The summed E-state index contributed by atoms with van der Waals surface area (Å²) in [6, 6.07) is 8.28. The normalized spacial score (nSPS) is 29.6. The highest BCUT2D eigenvalue weighted by molar-refractivity contribution is 5.30. The molecule has 1 aromatic heterocycles. The molecule has 0 saturated heterocycles. The first-order valence-electron chi connectivity index (χ1n) is 5.51. The molecular formula is C13H16N2. The molecule has 1 saturated carbocycles. The summed E-state index contributed by atoms with van der Waals surface area (Å²) in [5, 5.41) is 9.30. The second-order valence-electron chi connectivity index (χ2n) is 4.82. The predicted octanol–water partition coefficient (Wildman–Crippen LogP) is 2.91. The van der Waals surface area contributed by atoms with Gasteiger partial charge in [0.25, 0.3) is 0 Å². The number of hydrogen-bond donors (Lipinski definition) is 0. The highest BCUT2D eigenvalue weighted by Gasteiger charge is 2.47. The van der Waals surface area contributed by atoms with Crippen molar-refractivity contribution in [3.05, 3.63) is 30.1 Å². The third kappa shape index (κ3) is 1.63. The van der Waals surface area contributed by atoms with Crippen LogP contribution in [0, 0.1) is 23.2 Å². The zero-order chi connectivity index (χ0) is 10.9. The molecule has 2 nitrogen and oxygen atoms in total. The zero-order valence-corrected chi connectivity index (χ0v) is 9.27. The van der Waals surface area contributed by atoms with Gasteiger partial charge in [-0.3, -0.25) is 4.98 Å². The molecule has 0 atom stereocenters. The summed E-state index contributed by atoms with van der Waals surface area (Å²) in [4.78, 5) is 4.32. The fraction of sp³-hybridized carbons (Fsp3) is 0.538. The largest absolute Gasteiger partial charge is 0.260 e. The fourth-order valence-electron chi connectivity index (χ4n) is 2.31. The fourth-order valence-corrected chi connectivity index (χ4v) is 2.31. The molecule has 1 aromatic rings.